The molecule has 0 spiro atoms. The van der Waals surface area contributed by atoms with E-state index < -0.39 is 0 Å². The molecule has 2 rings (SSSR count). The SMILES string of the molecule is CCCCCCCCNCc1ccc(-c2ccc(Cl)cc2)cc1. The maximum Gasteiger partial charge on any atom is 0.0406 e. The Hall–Kier alpha value is -1.31. The first-order valence-electron chi connectivity index (χ1n) is 8.85. The number of hydrogen-bond acceptors (Lipinski definition) is 1. The Kier molecular flexibility index (Phi) is 8.20. The molecule has 0 bridgehead atoms. The summed E-state index contributed by atoms with van der Waals surface area (Å²) in [6.07, 6.45) is 8.11. The molecular formula is C21H28ClN. The van der Waals surface area contributed by atoms with E-state index in [-0.39, 0.29) is 0 Å². The van der Waals surface area contributed by atoms with Crippen LogP contribution >= 0.6 is 11.6 Å². The van der Waals surface area contributed by atoms with Gasteiger partial charge in [0.05, 0.1) is 0 Å². The topological polar surface area (TPSA) is 12.0 Å². The fraction of sp³-hybridized carbons (Fsp3) is 0.429. The van der Waals surface area contributed by atoms with E-state index in [1.54, 1.807) is 0 Å². The van der Waals surface area contributed by atoms with E-state index >= 15 is 0 Å². The Bertz CT molecular complexity index is 545. The predicted octanol–water partition coefficient (Wildman–Crippen LogP) is 6.46. The van der Waals surface area contributed by atoms with Gasteiger partial charge >= 0.3 is 0 Å². The van der Waals surface area contributed by atoms with Crippen molar-refractivity contribution < 1.29 is 0 Å². The van der Waals surface area contributed by atoms with E-state index in [0.717, 1.165) is 18.1 Å². The third-order valence-corrected chi connectivity index (χ3v) is 4.42. The highest BCUT2D eigenvalue weighted by atomic mass is 35.5. The Balaban J connectivity index is 1.68. The molecule has 0 amide bonds. The first-order valence-corrected chi connectivity index (χ1v) is 9.23. The number of nitrogens with one attached hydrogen (secondary N) is 1. The minimum Gasteiger partial charge on any atom is -0.313 e. The van der Waals surface area contributed by atoms with Gasteiger partial charge in [0.1, 0.15) is 0 Å². The number of rotatable bonds is 10. The van der Waals surface area contributed by atoms with Gasteiger partial charge in [0.15, 0.2) is 0 Å². The summed E-state index contributed by atoms with van der Waals surface area (Å²) in [7, 11) is 0. The summed E-state index contributed by atoms with van der Waals surface area (Å²) in [4.78, 5) is 0. The number of unbranched alkanes of at least 4 members (excludes halogenated alkanes) is 5. The van der Waals surface area contributed by atoms with Crippen molar-refractivity contribution in [3.05, 3.63) is 59.1 Å². The number of hydrogen-bond donors (Lipinski definition) is 1. The van der Waals surface area contributed by atoms with E-state index in [1.807, 2.05) is 12.1 Å². The molecule has 1 nitrogen and oxygen atoms in total. The van der Waals surface area contributed by atoms with E-state index in [2.05, 4.69) is 48.6 Å². The fourth-order valence-corrected chi connectivity index (χ4v) is 2.85. The molecule has 0 saturated carbocycles. The van der Waals surface area contributed by atoms with Crippen LogP contribution in [-0.2, 0) is 6.54 Å². The molecule has 0 aliphatic heterocycles. The largest absolute Gasteiger partial charge is 0.313 e. The molecule has 0 heterocycles. The lowest BCUT2D eigenvalue weighted by atomic mass is 10.0. The second-order valence-electron chi connectivity index (χ2n) is 6.15. The zero-order chi connectivity index (χ0) is 16.3. The molecule has 0 unspecified atom stereocenters. The van der Waals surface area contributed by atoms with Gasteiger partial charge in [-0.25, -0.2) is 0 Å². The average molecular weight is 330 g/mol. The van der Waals surface area contributed by atoms with Gasteiger partial charge in [0.25, 0.3) is 0 Å². The van der Waals surface area contributed by atoms with Crippen LogP contribution in [0.15, 0.2) is 48.5 Å². The second kappa shape index (κ2) is 10.5. The van der Waals surface area contributed by atoms with Crippen LogP contribution in [0, 0.1) is 0 Å². The first kappa shape index (κ1) is 18.0. The molecule has 1 N–H and O–H groups in total. The van der Waals surface area contributed by atoms with Gasteiger partial charge in [-0.3, -0.25) is 0 Å². The minimum atomic E-state index is 0.782. The van der Waals surface area contributed by atoms with Crippen LogP contribution in [0.4, 0.5) is 0 Å². The molecule has 0 radical (unpaired) electrons. The maximum atomic E-state index is 5.93. The summed E-state index contributed by atoms with van der Waals surface area (Å²) in [5.74, 6) is 0. The fourth-order valence-electron chi connectivity index (χ4n) is 2.72. The summed E-state index contributed by atoms with van der Waals surface area (Å²) in [5.41, 5.74) is 3.79. The average Bonchev–Trinajstić information content (AvgIpc) is 2.59. The molecule has 124 valence electrons. The molecule has 2 heteroatoms. The highest BCUT2D eigenvalue weighted by Gasteiger charge is 1.99. The summed E-state index contributed by atoms with van der Waals surface area (Å²) in [5, 5.41) is 4.32. The highest BCUT2D eigenvalue weighted by Crippen LogP contribution is 2.21. The van der Waals surface area contributed by atoms with Crippen LogP contribution in [0.2, 0.25) is 5.02 Å². The van der Waals surface area contributed by atoms with E-state index in [4.69, 9.17) is 11.6 Å². The third kappa shape index (κ3) is 6.76. The van der Waals surface area contributed by atoms with Crippen molar-refractivity contribution in [1.82, 2.24) is 5.32 Å². The molecule has 2 aromatic rings. The molecule has 0 aliphatic rings. The molecule has 23 heavy (non-hydrogen) atoms. The minimum absolute atomic E-state index is 0.782. The molecule has 0 aliphatic carbocycles. The lowest BCUT2D eigenvalue weighted by Crippen LogP contribution is -2.14. The standard InChI is InChI=1S/C21H28ClN/c1-2-3-4-5-6-7-16-23-17-18-8-10-19(11-9-18)20-12-14-21(22)15-13-20/h8-15,23H,2-7,16-17H2,1H3. The van der Waals surface area contributed by atoms with E-state index in [9.17, 15) is 0 Å². The van der Waals surface area contributed by atoms with Gasteiger partial charge in [-0.05, 0) is 41.8 Å². The quantitative estimate of drug-likeness (QED) is 0.493. The monoisotopic (exact) mass is 329 g/mol. The molecule has 2 aromatic carbocycles. The molecule has 0 aromatic heterocycles. The predicted molar refractivity (Wildman–Crippen MR) is 102 cm³/mol. The zero-order valence-corrected chi connectivity index (χ0v) is 14.9. The smallest absolute Gasteiger partial charge is 0.0406 e. The molecule has 0 fully saturated rings. The first-order chi connectivity index (χ1) is 11.3. The van der Waals surface area contributed by atoms with Crippen molar-refractivity contribution in [1.29, 1.82) is 0 Å². The van der Waals surface area contributed by atoms with Crippen molar-refractivity contribution in [3.8, 4) is 11.1 Å². The van der Waals surface area contributed by atoms with Crippen LogP contribution in [-0.4, -0.2) is 6.54 Å². The zero-order valence-electron chi connectivity index (χ0n) is 14.2. The Morgan fingerprint density at radius 1 is 0.739 bits per heavy atom. The van der Waals surface area contributed by atoms with Crippen molar-refractivity contribution in [2.24, 2.45) is 0 Å². The summed E-state index contributed by atoms with van der Waals surface area (Å²) in [6.45, 7) is 4.33. The molecular weight excluding hydrogens is 302 g/mol. The van der Waals surface area contributed by atoms with Crippen molar-refractivity contribution in [3.63, 3.8) is 0 Å². The van der Waals surface area contributed by atoms with E-state index in [1.165, 1.54) is 55.2 Å². The van der Waals surface area contributed by atoms with Crippen LogP contribution in [0.5, 0.6) is 0 Å². The van der Waals surface area contributed by atoms with Gasteiger partial charge in [-0.2, -0.15) is 0 Å². The maximum absolute atomic E-state index is 5.93. The molecule has 0 atom stereocenters. The van der Waals surface area contributed by atoms with Gasteiger partial charge in [0.2, 0.25) is 0 Å². The van der Waals surface area contributed by atoms with Gasteiger partial charge < -0.3 is 5.32 Å². The van der Waals surface area contributed by atoms with Crippen LogP contribution in [0.25, 0.3) is 11.1 Å². The van der Waals surface area contributed by atoms with Crippen LogP contribution in [0.3, 0.4) is 0 Å². The van der Waals surface area contributed by atoms with Crippen molar-refractivity contribution in [2.45, 2.75) is 52.0 Å². The summed E-state index contributed by atoms with van der Waals surface area (Å²) >= 11 is 5.93. The van der Waals surface area contributed by atoms with Gasteiger partial charge in [0, 0.05) is 11.6 Å². The molecule has 0 saturated heterocycles. The van der Waals surface area contributed by atoms with Gasteiger partial charge in [-0.15, -0.1) is 0 Å². The normalized spacial score (nSPS) is 10.9. The third-order valence-electron chi connectivity index (χ3n) is 4.17. The Labute approximate surface area is 146 Å². The number of halogens is 1. The summed E-state index contributed by atoms with van der Waals surface area (Å²) < 4.78 is 0. The lowest BCUT2D eigenvalue weighted by molar-refractivity contribution is 0.572. The van der Waals surface area contributed by atoms with Crippen LogP contribution in [0.1, 0.15) is 51.0 Å². The van der Waals surface area contributed by atoms with Crippen LogP contribution < -0.4 is 5.32 Å². The Morgan fingerprint density at radius 3 is 1.96 bits per heavy atom. The Morgan fingerprint density at radius 2 is 1.30 bits per heavy atom. The number of benzene rings is 2. The van der Waals surface area contributed by atoms with Crippen molar-refractivity contribution >= 4 is 11.6 Å². The highest BCUT2D eigenvalue weighted by molar-refractivity contribution is 6.30. The second-order valence-corrected chi connectivity index (χ2v) is 6.58. The van der Waals surface area contributed by atoms with Crippen molar-refractivity contribution in [2.75, 3.05) is 6.54 Å². The summed E-state index contributed by atoms with van der Waals surface area (Å²) in [6, 6.07) is 16.8. The van der Waals surface area contributed by atoms with E-state index in [0.29, 0.717) is 0 Å². The lowest BCUT2D eigenvalue weighted by Gasteiger charge is -2.07. The van der Waals surface area contributed by atoms with Gasteiger partial charge in [-0.1, -0.05) is 87.0 Å².